The standard InChI is InChI=1S/C20H17N3O2S/c1-14-6-2-4-8-18(14)22-20(26)21-16-12-10-15(11-13-16)17-7-3-5-9-19(17)23(24)25/h2-13H,1H3,(H2,21,22,26). The normalized spacial score (nSPS) is 10.2. The summed E-state index contributed by atoms with van der Waals surface area (Å²) in [6.45, 7) is 2.01. The van der Waals surface area contributed by atoms with Crippen LogP contribution >= 0.6 is 12.2 Å². The van der Waals surface area contributed by atoms with Crippen LogP contribution in [0.25, 0.3) is 11.1 Å². The third-order valence-corrected chi connectivity index (χ3v) is 4.15. The molecular formula is C20H17N3O2S. The van der Waals surface area contributed by atoms with Crippen LogP contribution in [0.3, 0.4) is 0 Å². The molecule has 26 heavy (non-hydrogen) atoms. The number of benzene rings is 3. The molecule has 3 rings (SSSR count). The van der Waals surface area contributed by atoms with Crippen molar-refractivity contribution >= 4 is 34.4 Å². The Morgan fingerprint density at radius 1 is 0.923 bits per heavy atom. The third kappa shape index (κ3) is 4.04. The average Bonchev–Trinajstić information content (AvgIpc) is 2.64. The largest absolute Gasteiger partial charge is 0.332 e. The first-order valence-corrected chi connectivity index (χ1v) is 8.43. The number of aryl methyl sites for hydroxylation is 1. The average molecular weight is 363 g/mol. The lowest BCUT2D eigenvalue weighted by Gasteiger charge is -2.13. The zero-order chi connectivity index (χ0) is 18.5. The molecular weight excluding hydrogens is 346 g/mol. The van der Waals surface area contributed by atoms with Crippen LogP contribution < -0.4 is 10.6 Å². The zero-order valence-electron chi connectivity index (χ0n) is 14.1. The molecule has 0 saturated carbocycles. The molecule has 0 saturated heterocycles. The predicted molar refractivity (Wildman–Crippen MR) is 110 cm³/mol. The van der Waals surface area contributed by atoms with Gasteiger partial charge < -0.3 is 10.6 Å². The highest BCUT2D eigenvalue weighted by molar-refractivity contribution is 7.80. The summed E-state index contributed by atoms with van der Waals surface area (Å²) in [6.07, 6.45) is 0. The number of nitrogens with zero attached hydrogens (tertiary/aromatic N) is 1. The Labute approximate surface area is 156 Å². The maximum absolute atomic E-state index is 11.2. The van der Waals surface area contributed by atoms with Gasteiger partial charge in [-0.05, 0) is 54.5 Å². The first-order chi connectivity index (χ1) is 12.5. The molecule has 0 radical (unpaired) electrons. The van der Waals surface area contributed by atoms with Gasteiger partial charge in [0.1, 0.15) is 0 Å². The molecule has 2 N–H and O–H groups in total. The molecule has 0 unspecified atom stereocenters. The van der Waals surface area contributed by atoms with Gasteiger partial charge >= 0.3 is 0 Å². The van der Waals surface area contributed by atoms with E-state index < -0.39 is 0 Å². The van der Waals surface area contributed by atoms with Crippen LogP contribution in [0, 0.1) is 17.0 Å². The molecule has 0 aliphatic rings. The third-order valence-electron chi connectivity index (χ3n) is 3.95. The van der Waals surface area contributed by atoms with E-state index in [-0.39, 0.29) is 10.6 Å². The highest BCUT2D eigenvalue weighted by atomic mass is 32.1. The number of anilines is 2. The first kappa shape index (κ1) is 17.6. The SMILES string of the molecule is Cc1ccccc1NC(=S)Nc1ccc(-c2ccccc2[N+](=O)[O-])cc1. The summed E-state index contributed by atoms with van der Waals surface area (Å²) < 4.78 is 0. The molecule has 0 spiro atoms. The fourth-order valence-corrected chi connectivity index (χ4v) is 2.84. The molecule has 0 atom stereocenters. The number of rotatable bonds is 4. The van der Waals surface area contributed by atoms with E-state index in [4.69, 9.17) is 12.2 Å². The van der Waals surface area contributed by atoms with Crippen molar-refractivity contribution in [2.75, 3.05) is 10.6 Å². The minimum Gasteiger partial charge on any atom is -0.332 e. The minimum absolute atomic E-state index is 0.0879. The molecule has 3 aromatic carbocycles. The number of nitro benzene ring substituents is 1. The fourth-order valence-electron chi connectivity index (χ4n) is 2.61. The molecule has 0 bridgehead atoms. The highest BCUT2D eigenvalue weighted by Gasteiger charge is 2.13. The van der Waals surface area contributed by atoms with Crippen molar-refractivity contribution in [1.29, 1.82) is 0 Å². The van der Waals surface area contributed by atoms with E-state index in [2.05, 4.69) is 10.6 Å². The Morgan fingerprint density at radius 3 is 2.27 bits per heavy atom. The number of para-hydroxylation sites is 2. The van der Waals surface area contributed by atoms with E-state index in [1.54, 1.807) is 18.2 Å². The fraction of sp³-hybridized carbons (Fsp3) is 0.0500. The van der Waals surface area contributed by atoms with Gasteiger partial charge in [0.15, 0.2) is 5.11 Å². The lowest BCUT2D eigenvalue weighted by Crippen LogP contribution is -2.19. The summed E-state index contributed by atoms with van der Waals surface area (Å²) in [7, 11) is 0. The summed E-state index contributed by atoms with van der Waals surface area (Å²) >= 11 is 5.35. The number of nitrogens with one attached hydrogen (secondary N) is 2. The summed E-state index contributed by atoms with van der Waals surface area (Å²) in [6, 6.07) is 21.9. The molecule has 0 aliphatic heterocycles. The molecule has 3 aromatic rings. The van der Waals surface area contributed by atoms with Crippen molar-refractivity contribution in [2.24, 2.45) is 0 Å². The van der Waals surface area contributed by atoms with Crippen molar-refractivity contribution < 1.29 is 4.92 Å². The van der Waals surface area contributed by atoms with Crippen molar-refractivity contribution in [1.82, 2.24) is 0 Å². The highest BCUT2D eigenvalue weighted by Crippen LogP contribution is 2.30. The first-order valence-electron chi connectivity index (χ1n) is 8.02. The van der Waals surface area contributed by atoms with E-state index in [1.165, 1.54) is 6.07 Å². The molecule has 5 nitrogen and oxygen atoms in total. The topological polar surface area (TPSA) is 67.2 Å². The van der Waals surface area contributed by atoms with E-state index >= 15 is 0 Å². The van der Waals surface area contributed by atoms with Crippen LogP contribution in [-0.2, 0) is 0 Å². The molecule has 0 heterocycles. The Balaban J connectivity index is 1.73. The Bertz CT molecular complexity index is 955. The number of nitro groups is 1. The van der Waals surface area contributed by atoms with Crippen LogP contribution in [0.15, 0.2) is 72.8 Å². The van der Waals surface area contributed by atoms with Crippen molar-refractivity contribution in [3.05, 3.63) is 88.5 Å². The lowest BCUT2D eigenvalue weighted by molar-refractivity contribution is -0.384. The lowest BCUT2D eigenvalue weighted by atomic mass is 10.0. The molecule has 130 valence electrons. The van der Waals surface area contributed by atoms with E-state index in [0.29, 0.717) is 10.7 Å². The number of hydrogen-bond acceptors (Lipinski definition) is 3. The Hall–Kier alpha value is -3.25. The van der Waals surface area contributed by atoms with Gasteiger partial charge in [-0.2, -0.15) is 0 Å². The molecule has 0 fully saturated rings. The minimum atomic E-state index is -0.372. The van der Waals surface area contributed by atoms with Gasteiger partial charge in [0.25, 0.3) is 5.69 Å². The second-order valence-electron chi connectivity index (χ2n) is 5.75. The summed E-state index contributed by atoms with van der Waals surface area (Å²) in [5.41, 5.74) is 4.30. The van der Waals surface area contributed by atoms with Gasteiger partial charge in [-0.15, -0.1) is 0 Å². The van der Waals surface area contributed by atoms with Crippen molar-refractivity contribution in [3.63, 3.8) is 0 Å². The van der Waals surface area contributed by atoms with Gasteiger partial charge in [0.2, 0.25) is 0 Å². The van der Waals surface area contributed by atoms with E-state index in [1.807, 2.05) is 55.5 Å². The van der Waals surface area contributed by atoms with Gasteiger partial charge in [-0.1, -0.05) is 42.5 Å². The van der Waals surface area contributed by atoms with Crippen LogP contribution in [0.4, 0.5) is 17.1 Å². The second-order valence-corrected chi connectivity index (χ2v) is 6.15. The second kappa shape index (κ2) is 7.76. The van der Waals surface area contributed by atoms with Gasteiger partial charge in [-0.3, -0.25) is 10.1 Å². The van der Waals surface area contributed by atoms with Crippen LogP contribution in [0.2, 0.25) is 0 Å². The van der Waals surface area contributed by atoms with E-state index in [0.717, 1.165) is 22.5 Å². The molecule has 0 aromatic heterocycles. The maximum atomic E-state index is 11.2. The quantitative estimate of drug-likeness (QED) is 0.370. The summed E-state index contributed by atoms with van der Waals surface area (Å²) in [5, 5.41) is 17.9. The summed E-state index contributed by atoms with van der Waals surface area (Å²) in [5.74, 6) is 0. The van der Waals surface area contributed by atoms with Crippen LogP contribution in [-0.4, -0.2) is 10.0 Å². The van der Waals surface area contributed by atoms with Crippen molar-refractivity contribution in [3.8, 4) is 11.1 Å². The van der Waals surface area contributed by atoms with Crippen LogP contribution in [0.5, 0.6) is 0 Å². The predicted octanol–water partition coefficient (Wildman–Crippen LogP) is 5.38. The maximum Gasteiger partial charge on any atom is 0.277 e. The van der Waals surface area contributed by atoms with Gasteiger partial charge in [0, 0.05) is 17.4 Å². The number of hydrogen-bond donors (Lipinski definition) is 2. The molecule has 0 amide bonds. The van der Waals surface area contributed by atoms with Gasteiger partial charge in [-0.25, -0.2) is 0 Å². The number of thiocarbonyl (C=S) groups is 1. The van der Waals surface area contributed by atoms with Crippen LogP contribution in [0.1, 0.15) is 5.56 Å². The smallest absolute Gasteiger partial charge is 0.277 e. The Morgan fingerprint density at radius 2 is 1.58 bits per heavy atom. The zero-order valence-corrected chi connectivity index (χ0v) is 14.9. The molecule has 6 heteroatoms. The van der Waals surface area contributed by atoms with Gasteiger partial charge in [0.05, 0.1) is 10.5 Å². The van der Waals surface area contributed by atoms with E-state index in [9.17, 15) is 10.1 Å². The monoisotopic (exact) mass is 363 g/mol. The van der Waals surface area contributed by atoms with Crippen molar-refractivity contribution in [2.45, 2.75) is 6.92 Å². The molecule has 0 aliphatic carbocycles. The summed E-state index contributed by atoms with van der Waals surface area (Å²) in [4.78, 5) is 10.8. The Kier molecular flexibility index (Phi) is 5.24.